The Labute approximate surface area is 174 Å². The highest BCUT2D eigenvalue weighted by molar-refractivity contribution is 7.89. The first kappa shape index (κ1) is 21.8. The molecule has 3 rings (SSSR count). The Hall–Kier alpha value is -1.88. The van der Waals surface area contributed by atoms with Gasteiger partial charge < -0.3 is 20.8 Å². The standard InChI is InChI=1S/C18H24ClN3O6S/c19-14-3-1-12(2-4-14)13-5-9-22(10-6-13)29(27,28)15-7-8-21(17(20)25)11-18(15,26)16(23)24/h1-4,13,15,26H,5-11H2,(H2,20,25)(H,23,24). The summed E-state index contributed by atoms with van der Waals surface area (Å²) in [6.07, 6.45) is 0.949. The number of amides is 2. The number of hydrogen-bond acceptors (Lipinski definition) is 5. The van der Waals surface area contributed by atoms with Crippen LogP contribution in [-0.4, -0.2) is 76.9 Å². The molecule has 2 amide bonds. The van der Waals surface area contributed by atoms with Crippen molar-refractivity contribution in [2.75, 3.05) is 26.2 Å². The van der Waals surface area contributed by atoms with Crippen LogP contribution in [0.5, 0.6) is 0 Å². The summed E-state index contributed by atoms with van der Waals surface area (Å²) in [4.78, 5) is 24.1. The summed E-state index contributed by atoms with van der Waals surface area (Å²) in [5.41, 5.74) is 3.64. The summed E-state index contributed by atoms with van der Waals surface area (Å²) in [6, 6.07) is 6.52. The van der Waals surface area contributed by atoms with Crippen molar-refractivity contribution >= 4 is 33.6 Å². The molecule has 2 saturated heterocycles. The molecule has 0 radical (unpaired) electrons. The lowest BCUT2D eigenvalue weighted by molar-refractivity contribution is -0.162. The number of halogens is 1. The van der Waals surface area contributed by atoms with E-state index < -0.39 is 39.4 Å². The van der Waals surface area contributed by atoms with Crippen LogP contribution in [-0.2, 0) is 14.8 Å². The zero-order valence-corrected chi connectivity index (χ0v) is 17.3. The van der Waals surface area contributed by atoms with E-state index in [9.17, 15) is 28.2 Å². The van der Waals surface area contributed by atoms with Gasteiger partial charge in [-0.3, -0.25) is 0 Å². The SMILES string of the molecule is NC(=O)N1CCC(S(=O)(=O)N2CCC(c3ccc(Cl)cc3)CC2)C(O)(C(=O)O)C1. The van der Waals surface area contributed by atoms with Gasteiger partial charge in [-0.05, 0) is 42.9 Å². The first-order valence-corrected chi connectivity index (χ1v) is 11.2. The van der Waals surface area contributed by atoms with Crippen LogP contribution in [0, 0.1) is 0 Å². The third kappa shape index (κ3) is 4.20. The van der Waals surface area contributed by atoms with Crippen molar-refractivity contribution in [3.05, 3.63) is 34.9 Å². The quantitative estimate of drug-likeness (QED) is 0.626. The first-order chi connectivity index (χ1) is 13.6. The van der Waals surface area contributed by atoms with Crippen LogP contribution in [0.4, 0.5) is 4.79 Å². The average molecular weight is 446 g/mol. The summed E-state index contributed by atoms with van der Waals surface area (Å²) >= 11 is 5.91. The fourth-order valence-corrected chi connectivity index (χ4v) is 6.41. The van der Waals surface area contributed by atoms with E-state index in [1.54, 1.807) is 12.1 Å². The van der Waals surface area contributed by atoms with E-state index in [4.69, 9.17) is 17.3 Å². The molecule has 4 N–H and O–H groups in total. The summed E-state index contributed by atoms with van der Waals surface area (Å²) in [5.74, 6) is -1.51. The number of hydrogen-bond donors (Lipinski definition) is 3. The van der Waals surface area contributed by atoms with Crippen LogP contribution in [0.1, 0.15) is 30.7 Å². The number of piperidine rings is 2. The lowest BCUT2D eigenvalue weighted by atomic mass is 9.90. The Kier molecular flexibility index (Phi) is 6.09. The molecule has 2 fully saturated rings. The maximum Gasteiger partial charge on any atom is 0.339 e. The number of sulfonamides is 1. The van der Waals surface area contributed by atoms with Gasteiger partial charge in [0.25, 0.3) is 0 Å². The number of carbonyl (C=O) groups is 2. The second-order valence-corrected chi connectivity index (χ2v) is 10.1. The fourth-order valence-electron chi connectivity index (χ4n) is 4.13. The van der Waals surface area contributed by atoms with Gasteiger partial charge in [-0.15, -0.1) is 0 Å². The van der Waals surface area contributed by atoms with Crippen molar-refractivity contribution in [1.29, 1.82) is 0 Å². The number of nitrogens with zero attached hydrogens (tertiary/aromatic N) is 2. The lowest BCUT2D eigenvalue weighted by Gasteiger charge is -2.43. The third-order valence-corrected chi connectivity index (χ3v) is 8.50. The number of benzene rings is 1. The van der Waals surface area contributed by atoms with E-state index in [-0.39, 0.29) is 32.0 Å². The maximum absolute atomic E-state index is 13.2. The van der Waals surface area contributed by atoms with Gasteiger partial charge in [-0.25, -0.2) is 22.3 Å². The van der Waals surface area contributed by atoms with E-state index in [1.807, 2.05) is 12.1 Å². The highest BCUT2D eigenvalue weighted by Gasteiger charge is 2.56. The molecule has 11 heteroatoms. The Morgan fingerprint density at radius 1 is 1.10 bits per heavy atom. The number of primary amides is 1. The number of carboxylic acid groups (broad SMARTS) is 1. The van der Waals surface area contributed by atoms with E-state index in [1.165, 1.54) is 4.31 Å². The van der Waals surface area contributed by atoms with Gasteiger partial charge in [-0.1, -0.05) is 23.7 Å². The number of nitrogens with two attached hydrogens (primary N) is 1. The number of likely N-dealkylation sites (tertiary alicyclic amines) is 1. The van der Waals surface area contributed by atoms with Gasteiger partial charge >= 0.3 is 12.0 Å². The molecular weight excluding hydrogens is 422 g/mol. The largest absolute Gasteiger partial charge is 0.479 e. The molecule has 9 nitrogen and oxygen atoms in total. The second-order valence-electron chi connectivity index (χ2n) is 7.54. The molecule has 2 aliphatic rings. The van der Waals surface area contributed by atoms with Crippen LogP contribution in [0.25, 0.3) is 0 Å². The van der Waals surface area contributed by atoms with E-state index >= 15 is 0 Å². The topological polar surface area (TPSA) is 141 Å². The van der Waals surface area contributed by atoms with Gasteiger partial charge in [0.15, 0.2) is 5.60 Å². The summed E-state index contributed by atoms with van der Waals surface area (Å²) in [6.45, 7) is -0.248. The monoisotopic (exact) mass is 445 g/mol. The fraction of sp³-hybridized carbons (Fsp3) is 0.556. The normalized spacial score (nSPS) is 27.0. The molecular formula is C18H24ClN3O6S. The van der Waals surface area contributed by atoms with Crippen molar-refractivity contribution in [1.82, 2.24) is 9.21 Å². The van der Waals surface area contributed by atoms with Crippen LogP contribution in [0.3, 0.4) is 0 Å². The number of carboxylic acids is 1. The van der Waals surface area contributed by atoms with Gasteiger partial charge in [0.05, 0.1) is 6.54 Å². The zero-order chi connectivity index (χ0) is 21.4. The highest BCUT2D eigenvalue weighted by atomic mass is 35.5. The van der Waals surface area contributed by atoms with E-state index in [0.29, 0.717) is 17.9 Å². The Morgan fingerprint density at radius 2 is 1.69 bits per heavy atom. The predicted octanol–water partition coefficient (Wildman–Crippen LogP) is 0.818. The van der Waals surface area contributed by atoms with E-state index in [0.717, 1.165) is 10.5 Å². The van der Waals surface area contributed by atoms with Crippen molar-refractivity contribution in [3.63, 3.8) is 0 Å². The maximum atomic E-state index is 13.2. The molecule has 2 unspecified atom stereocenters. The summed E-state index contributed by atoms with van der Waals surface area (Å²) in [5, 5.41) is 19.3. The molecule has 0 bridgehead atoms. The first-order valence-electron chi connectivity index (χ1n) is 9.30. The van der Waals surface area contributed by atoms with Crippen molar-refractivity contribution in [2.24, 2.45) is 5.73 Å². The van der Waals surface area contributed by atoms with Gasteiger partial charge in [0, 0.05) is 24.7 Å². The summed E-state index contributed by atoms with van der Waals surface area (Å²) in [7, 11) is -4.10. The van der Waals surface area contributed by atoms with Crippen LogP contribution < -0.4 is 5.73 Å². The number of β-amino-alcohol motifs (C(OH)–C–C–N with tert-alkyl or cyclic N) is 1. The molecule has 0 spiro atoms. The molecule has 2 aliphatic heterocycles. The Balaban J connectivity index is 1.75. The smallest absolute Gasteiger partial charge is 0.339 e. The minimum absolute atomic E-state index is 0.0317. The molecule has 2 atom stereocenters. The second kappa shape index (κ2) is 8.10. The molecule has 2 heterocycles. The number of carbonyl (C=O) groups excluding carboxylic acids is 1. The van der Waals surface area contributed by atoms with Crippen LogP contribution in [0.15, 0.2) is 24.3 Å². The summed E-state index contributed by atoms with van der Waals surface area (Å²) < 4.78 is 27.6. The van der Waals surface area contributed by atoms with Crippen LogP contribution in [0.2, 0.25) is 5.02 Å². The lowest BCUT2D eigenvalue weighted by Crippen LogP contribution is -2.66. The third-order valence-electron chi connectivity index (χ3n) is 5.82. The molecule has 29 heavy (non-hydrogen) atoms. The molecule has 1 aromatic rings. The average Bonchev–Trinajstić information content (AvgIpc) is 2.68. The Morgan fingerprint density at radius 3 is 2.21 bits per heavy atom. The van der Waals surface area contributed by atoms with Gasteiger partial charge in [0.2, 0.25) is 10.0 Å². The number of aliphatic carboxylic acids is 1. The molecule has 0 aromatic heterocycles. The number of rotatable bonds is 4. The zero-order valence-electron chi connectivity index (χ0n) is 15.7. The van der Waals surface area contributed by atoms with Crippen molar-refractivity contribution in [2.45, 2.75) is 36.0 Å². The predicted molar refractivity (Wildman–Crippen MR) is 106 cm³/mol. The van der Waals surface area contributed by atoms with Crippen LogP contribution >= 0.6 is 11.6 Å². The molecule has 0 saturated carbocycles. The van der Waals surface area contributed by atoms with Crippen molar-refractivity contribution in [3.8, 4) is 0 Å². The van der Waals surface area contributed by atoms with Gasteiger partial charge in [-0.2, -0.15) is 0 Å². The number of aliphatic hydroxyl groups is 1. The Bertz CT molecular complexity index is 885. The van der Waals surface area contributed by atoms with E-state index in [2.05, 4.69) is 0 Å². The van der Waals surface area contributed by atoms with Gasteiger partial charge in [0.1, 0.15) is 5.25 Å². The molecule has 160 valence electrons. The molecule has 1 aromatic carbocycles. The minimum Gasteiger partial charge on any atom is -0.479 e. The molecule has 0 aliphatic carbocycles. The highest BCUT2D eigenvalue weighted by Crippen LogP contribution is 2.34. The number of urea groups is 1. The minimum atomic E-state index is -4.10. The van der Waals surface area contributed by atoms with Crippen molar-refractivity contribution < 1.29 is 28.2 Å².